The fourth-order valence-electron chi connectivity index (χ4n) is 4.89. The third-order valence-electron chi connectivity index (χ3n) is 6.48. The van der Waals surface area contributed by atoms with Gasteiger partial charge in [0.25, 0.3) is 0 Å². The summed E-state index contributed by atoms with van der Waals surface area (Å²) in [6.07, 6.45) is -0.184. The third-order valence-corrected chi connectivity index (χ3v) is 6.48. The van der Waals surface area contributed by atoms with E-state index in [4.69, 9.17) is 0 Å². The van der Waals surface area contributed by atoms with Gasteiger partial charge in [-0.1, -0.05) is 6.07 Å². The zero-order valence-corrected chi connectivity index (χ0v) is 18.0. The van der Waals surface area contributed by atoms with E-state index in [2.05, 4.69) is 15.3 Å². The summed E-state index contributed by atoms with van der Waals surface area (Å²) in [7, 11) is 0. The van der Waals surface area contributed by atoms with E-state index in [0.717, 1.165) is 30.8 Å². The van der Waals surface area contributed by atoms with Crippen LogP contribution in [0.2, 0.25) is 0 Å². The van der Waals surface area contributed by atoms with E-state index in [0.29, 0.717) is 30.0 Å². The van der Waals surface area contributed by atoms with Crippen molar-refractivity contribution >= 4 is 11.7 Å². The third kappa shape index (κ3) is 4.19. The molecule has 2 atom stereocenters. The monoisotopic (exact) mass is 492 g/mol. The van der Waals surface area contributed by atoms with Gasteiger partial charge in [-0.05, 0) is 49.4 Å². The predicted molar refractivity (Wildman–Crippen MR) is 114 cm³/mol. The van der Waals surface area contributed by atoms with Gasteiger partial charge >= 0.3 is 12.2 Å². The molecule has 3 aromatic rings. The highest BCUT2D eigenvalue weighted by Gasteiger charge is 2.41. The Morgan fingerprint density at radius 2 is 1.83 bits per heavy atom. The molecule has 0 spiro atoms. The van der Waals surface area contributed by atoms with Crippen LogP contribution in [0.1, 0.15) is 42.1 Å². The lowest BCUT2D eigenvalue weighted by molar-refractivity contribution is -0.141. The number of halogens is 6. The Morgan fingerprint density at radius 1 is 1.03 bits per heavy atom. The second-order valence-corrected chi connectivity index (χ2v) is 8.55. The van der Waals surface area contributed by atoms with Gasteiger partial charge in [-0.3, -0.25) is 4.98 Å². The Labute approximate surface area is 195 Å². The van der Waals surface area contributed by atoms with Gasteiger partial charge < -0.3 is 10.2 Å². The number of anilines is 1. The van der Waals surface area contributed by atoms with E-state index in [1.54, 1.807) is 6.07 Å². The Kier molecular flexibility index (Phi) is 5.65. The maximum atomic E-state index is 14.8. The van der Waals surface area contributed by atoms with Crippen LogP contribution < -0.4 is 5.32 Å². The Hall–Kier alpha value is -3.63. The zero-order valence-electron chi connectivity index (χ0n) is 18.0. The van der Waals surface area contributed by atoms with Crippen molar-refractivity contribution in [2.45, 2.75) is 43.9 Å². The molecule has 2 amide bonds. The van der Waals surface area contributed by atoms with Crippen LogP contribution in [0, 0.1) is 17.6 Å². The Morgan fingerprint density at radius 3 is 2.54 bits per heavy atom. The molecule has 5 rings (SSSR count). The van der Waals surface area contributed by atoms with E-state index >= 15 is 0 Å². The van der Waals surface area contributed by atoms with Crippen molar-refractivity contribution in [3.05, 3.63) is 77.1 Å². The summed E-state index contributed by atoms with van der Waals surface area (Å²) in [5.74, 6) is -2.48. The number of hydrogen-bond acceptors (Lipinski definition) is 3. The highest BCUT2D eigenvalue weighted by atomic mass is 19.4. The van der Waals surface area contributed by atoms with Gasteiger partial charge in [0.1, 0.15) is 17.3 Å². The van der Waals surface area contributed by atoms with Crippen LogP contribution in [-0.4, -0.2) is 26.9 Å². The van der Waals surface area contributed by atoms with Crippen LogP contribution in [0.4, 0.5) is 36.8 Å². The number of benzene rings is 1. The molecule has 5 nitrogen and oxygen atoms in total. The first-order chi connectivity index (χ1) is 16.6. The number of fused-ring (bicyclic) bond motifs is 4. The van der Waals surface area contributed by atoms with E-state index < -0.39 is 47.2 Å². The molecule has 1 aromatic carbocycles. The molecule has 2 aliphatic heterocycles. The fourth-order valence-corrected chi connectivity index (χ4v) is 4.89. The Balaban J connectivity index is 1.40. The minimum absolute atomic E-state index is 0.0508. The lowest BCUT2D eigenvalue weighted by Crippen LogP contribution is -2.51. The molecular formula is C24H18F6N4O. The van der Waals surface area contributed by atoms with E-state index in [9.17, 15) is 31.1 Å². The quantitative estimate of drug-likeness (QED) is 0.339. The first kappa shape index (κ1) is 23.1. The summed E-state index contributed by atoms with van der Waals surface area (Å²) in [6, 6.07) is 3.52. The molecule has 35 heavy (non-hydrogen) atoms. The van der Waals surface area contributed by atoms with Crippen molar-refractivity contribution < 1.29 is 31.1 Å². The van der Waals surface area contributed by atoms with E-state index in [1.165, 1.54) is 11.1 Å². The number of nitrogens with zero attached hydrogens (tertiary/aromatic N) is 3. The van der Waals surface area contributed by atoms with Crippen molar-refractivity contribution in [2.24, 2.45) is 0 Å². The highest BCUT2D eigenvalue weighted by Crippen LogP contribution is 2.42. The van der Waals surface area contributed by atoms with Crippen molar-refractivity contribution in [3.8, 4) is 11.1 Å². The number of carbonyl (C=O) groups is 1. The minimum Gasteiger partial charge on any atom is -0.314 e. The van der Waals surface area contributed by atoms with Crippen molar-refractivity contribution in [2.75, 3.05) is 5.32 Å². The number of aromatic nitrogens is 2. The number of hydrogen-bond donors (Lipinski definition) is 1. The largest absolute Gasteiger partial charge is 0.433 e. The molecule has 1 N–H and O–H groups in total. The molecule has 4 heterocycles. The first-order valence-electron chi connectivity index (χ1n) is 10.9. The van der Waals surface area contributed by atoms with Crippen LogP contribution in [-0.2, 0) is 12.6 Å². The summed E-state index contributed by atoms with van der Waals surface area (Å²) in [5.41, 5.74) is -0.798. The molecular weight excluding hydrogens is 474 g/mol. The number of pyridine rings is 2. The molecule has 2 bridgehead atoms. The summed E-state index contributed by atoms with van der Waals surface area (Å²) in [5, 5.41) is 2.40. The minimum atomic E-state index is -4.66. The van der Waals surface area contributed by atoms with Crippen LogP contribution >= 0.6 is 0 Å². The molecule has 1 saturated heterocycles. The second kappa shape index (κ2) is 8.54. The van der Waals surface area contributed by atoms with Crippen LogP contribution in [0.5, 0.6) is 0 Å². The first-order valence-corrected chi connectivity index (χ1v) is 10.9. The maximum absolute atomic E-state index is 14.8. The predicted octanol–water partition coefficient (Wildman–Crippen LogP) is 6.26. The number of alkyl halides is 3. The van der Waals surface area contributed by atoms with Gasteiger partial charge in [0, 0.05) is 41.2 Å². The van der Waals surface area contributed by atoms with Crippen LogP contribution in [0.15, 0.2) is 42.7 Å². The highest BCUT2D eigenvalue weighted by molar-refractivity contribution is 5.91. The number of rotatable bonds is 2. The molecule has 2 aliphatic rings. The standard InChI is InChI=1S/C24H18F6N4O/c25-17-10-19(18(26)9-15(17)12-4-5-21(32-11-12)24(28,29)30)33-23(35)34-13-2-1-3-20(34)14-6-7-31-22(27)16(14)8-13/h4-7,9-11,13,20H,1-3,8H2,(H,33,35)/t13-,20+/m0/s1. The topological polar surface area (TPSA) is 58.1 Å². The number of nitrogens with one attached hydrogen (secondary N) is 1. The second-order valence-electron chi connectivity index (χ2n) is 8.55. The van der Waals surface area contributed by atoms with Crippen LogP contribution in [0.3, 0.4) is 0 Å². The summed E-state index contributed by atoms with van der Waals surface area (Å²) in [4.78, 5) is 21.6. The van der Waals surface area contributed by atoms with Gasteiger partial charge in [0.05, 0.1) is 11.7 Å². The molecule has 11 heteroatoms. The molecule has 182 valence electrons. The number of carbonyl (C=O) groups excluding carboxylic acids is 1. The van der Waals surface area contributed by atoms with Gasteiger partial charge in [0.2, 0.25) is 5.95 Å². The fraction of sp³-hybridized carbons (Fsp3) is 0.292. The van der Waals surface area contributed by atoms with Crippen LogP contribution in [0.25, 0.3) is 11.1 Å². The van der Waals surface area contributed by atoms with E-state index in [-0.39, 0.29) is 23.6 Å². The SMILES string of the molecule is O=C(Nc1cc(F)c(-c2ccc(C(F)(F)F)nc2)cc1F)N1[C@H]2CCC[C@@H]1c1ccnc(F)c1C2. The lowest BCUT2D eigenvalue weighted by atomic mass is 9.81. The molecule has 0 radical (unpaired) electrons. The summed E-state index contributed by atoms with van der Waals surface area (Å²) in [6.45, 7) is 0. The van der Waals surface area contributed by atoms with Gasteiger partial charge in [0.15, 0.2) is 0 Å². The number of urea groups is 1. The number of piperidine rings is 1. The van der Waals surface area contributed by atoms with Gasteiger partial charge in [-0.15, -0.1) is 0 Å². The smallest absolute Gasteiger partial charge is 0.314 e. The number of amides is 2. The van der Waals surface area contributed by atoms with Gasteiger partial charge in [-0.25, -0.2) is 18.6 Å². The summed E-state index contributed by atoms with van der Waals surface area (Å²) >= 11 is 0. The van der Waals surface area contributed by atoms with Gasteiger partial charge in [-0.2, -0.15) is 17.6 Å². The Bertz CT molecular complexity index is 1290. The molecule has 1 fully saturated rings. The zero-order chi connectivity index (χ0) is 24.9. The van der Waals surface area contributed by atoms with E-state index in [1.807, 2.05) is 0 Å². The molecule has 0 unspecified atom stereocenters. The molecule has 0 aliphatic carbocycles. The normalized spacial score (nSPS) is 19.3. The summed E-state index contributed by atoms with van der Waals surface area (Å²) < 4.78 is 82.0. The molecule has 0 saturated carbocycles. The lowest BCUT2D eigenvalue weighted by Gasteiger charge is -2.46. The average molecular weight is 492 g/mol. The molecule has 2 aromatic heterocycles. The van der Waals surface area contributed by atoms with Crippen molar-refractivity contribution in [3.63, 3.8) is 0 Å². The van der Waals surface area contributed by atoms with Crippen molar-refractivity contribution in [1.82, 2.24) is 14.9 Å². The van der Waals surface area contributed by atoms with Crippen molar-refractivity contribution in [1.29, 1.82) is 0 Å². The maximum Gasteiger partial charge on any atom is 0.433 e. The average Bonchev–Trinajstić information content (AvgIpc) is 2.81.